The fourth-order valence-corrected chi connectivity index (χ4v) is 1.66. The van der Waals surface area contributed by atoms with Crippen LogP contribution in [0.3, 0.4) is 0 Å². The predicted octanol–water partition coefficient (Wildman–Crippen LogP) is 3.70. The van der Waals surface area contributed by atoms with Crippen LogP contribution >= 0.6 is 0 Å². The number of benzene rings is 1. The molecule has 0 bridgehead atoms. The summed E-state index contributed by atoms with van der Waals surface area (Å²) >= 11 is 0. The molecule has 0 amide bonds. The molecule has 0 aliphatic carbocycles. The SMILES string of the molecule is CCc1cc(C)c(C(F)F)c(C(C)=O)c1. The van der Waals surface area contributed by atoms with Crippen LogP contribution in [0.15, 0.2) is 12.1 Å². The van der Waals surface area contributed by atoms with Gasteiger partial charge in [0.15, 0.2) is 5.78 Å². The minimum atomic E-state index is -2.59. The van der Waals surface area contributed by atoms with Crippen LogP contribution in [0.4, 0.5) is 8.78 Å². The Kier molecular flexibility index (Phi) is 3.56. The fraction of sp³-hybridized carbons (Fsp3) is 0.417. The van der Waals surface area contributed by atoms with Crippen LogP contribution in [0.1, 0.15) is 47.3 Å². The number of carbonyl (C=O) groups is 1. The summed E-state index contributed by atoms with van der Waals surface area (Å²) in [7, 11) is 0. The summed E-state index contributed by atoms with van der Waals surface area (Å²) in [5.74, 6) is -0.302. The predicted molar refractivity (Wildman–Crippen MR) is 55.5 cm³/mol. The number of alkyl halides is 2. The largest absolute Gasteiger partial charge is 0.294 e. The molecule has 0 heterocycles. The van der Waals surface area contributed by atoms with Crippen molar-refractivity contribution in [3.05, 3.63) is 34.4 Å². The van der Waals surface area contributed by atoms with Crippen LogP contribution in [0, 0.1) is 6.92 Å². The molecule has 0 spiro atoms. The molecule has 0 aliphatic heterocycles. The van der Waals surface area contributed by atoms with Gasteiger partial charge in [0.05, 0.1) is 0 Å². The maximum Gasteiger partial charge on any atom is 0.264 e. The van der Waals surface area contributed by atoms with E-state index < -0.39 is 6.43 Å². The first kappa shape index (κ1) is 11.8. The van der Waals surface area contributed by atoms with Crippen LogP contribution < -0.4 is 0 Å². The molecule has 1 rings (SSSR count). The van der Waals surface area contributed by atoms with Crippen molar-refractivity contribution < 1.29 is 13.6 Å². The molecule has 0 saturated heterocycles. The topological polar surface area (TPSA) is 17.1 Å². The third-order valence-corrected chi connectivity index (χ3v) is 2.45. The highest BCUT2D eigenvalue weighted by Gasteiger charge is 2.19. The van der Waals surface area contributed by atoms with Gasteiger partial charge in [-0.2, -0.15) is 0 Å². The van der Waals surface area contributed by atoms with Crippen LogP contribution in [0.2, 0.25) is 0 Å². The van der Waals surface area contributed by atoms with Gasteiger partial charge in [0.1, 0.15) is 0 Å². The second-order valence-electron chi connectivity index (χ2n) is 3.58. The highest BCUT2D eigenvalue weighted by Crippen LogP contribution is 2.28. The van der Waals surface area contributed by atoms with Crippen molar-refractivity contribution in [3.8, 4) is 0 Å². The van der Waals surface area contributed by atoms with Gasteiger partial charge in [-0.1, -0.05) is 13.0 Å². The van der Waals surface area contributed by atoms with Crippen LogP contribution in [0.5, 0.6) is 0 Å². The summed E-state index contributed by atoms with van der Waals surface area (Å²) in [5, 5.41) is 0. The van der Waals surface area contributed by atoms with Crippen LogP contribution in [0.25, 0.3) is 0 Å². The van der Waals surface area contributed by atoms with Crippen LogP contribution in [-0.4, -0.2) is 5.78 Å². The average molecular weight is 212 g/mol. The van der Waals surface area contributed by atoms with E-state index in [9.17, 15) is 13.6 Å². The van der Waals surface area contributed by atoms with Crippen molar-refractivity contribution in [2.24, 2.45) is 0 Å². The van der Waals surface area contributed by atoms with Crippen molar-refractivity contribution in [2.75, 3.05) is 0 Å². The summed E-state index contributed by atoms with van der Waals surface area (Å²) < 4.78 is 25.5. The molecule has 0 N–H and O–H groups in total. The van der Waals surface area contributed by atoms with Gasteiger partial charge in [-0.15, -0.1) is 0 Å². The molecule has 0 aromatic heterocycles. The van der Waals surface area contributed by atoms with E-state index in [1.807, 2.05) is 6.92 Å². The summed E-state index contributed by atoms with van der Waals surface area (Å²) in [5.41, 5.74) is 1.44. The first-order valence-electron chi connectivity index (χ1n) is 4.89. The van der Waals surface area contributed by atoms with E-state index >= 15 is 0 Å². The lowest BCUT2D eigenvalue weighted by atomic mass is 9.95. The van der Waals surface area contributed by atoms with Crippen molar-refractivity contribution in [3.63, 3.8) is 0 Å². The second kappa shape index (κ2) is 4.51. The molecule has 3 heteroatoms. The lowest BCUT2D eigenvalue weighted by Crippen LogP contribution is -2.04. The number of halogens is 2. The standard InChI is InChI=1S/C12H14F2O/c1-4-9-5-7(2)11(12(13)14)10(6-9)8(3)15/h5-6,12H,4H2,1-3H3. The Hall–Kier alpha value is -1.25. The Bertz CT molecular complexity index is 383. The molecule has 1 aromatic rings. The molecular weight excluding hydrogens is 198 g/mol. The Labute approximate surface area is 88.1 Å². The molecule has 0 fully saturated rings. The number of rotatable bonds is 3. The molecule has 82 valence electrons. The molecule has 1 aromatic carbocycles. The lowest BCUT2D eigenvalue weighted by molar-refractivity contribution is 0.0998. The lowest BCUT2D eigenvalue weighted by Gasteiger charge is -2.11. The van der Waals surface area contributed by atoms with Gasteiger partial charge in [0.2, 0.25) is 0 Å². The van der Waals surface area contributed by atoms with Gasteiger partial charge in [-0.3, -0.25) is 4.79 Å². The Balaban J connectivity index is 3.42. The number of aryl methyl sites for hydroxylation is 2. The van der Waals surface area contributed by atoms with E-state index in [4.69, 9.17) is 0 Å². The molecule has 1 nitrogen and oxygen atoms in total. The Morgan fingerprint density at radius 3 is 2.40 bits per heavy atom. The van der Waals surface area contributed by atoms with E-state index in [0.717, 1.165) is 12.0 Å². The van der Waals surface area contributed by atoms with Gasteiger partial charge >= 0.3 is 0 Å². The van der Waals surface area contributed by atoms with Gasteiger partial charge < -0.3 is 0 Å². The van der Waals surface area contributed by atoms with Gasteiger partial charge in [0.25, 0.3) is 6.43 Å². The molecule has 0 unspecified atom stereocenters. The van der Waals surface area contributed by atoms with E-state index in [-0.39, 0.29) is 16.9 Å². The van der Waals surface area contributed by atoms with Crippen molar-refractivity contribution in [2.45, 2.75) is 33.6 Å². The number of hydrogen-bond acceptors (Lipinski definition) is 1. The second-order valence-corrected chi connectivity index (χ2v) is 3.58. The van der Waals surface area contributed by atoms with Gasteiger partial charge in [-0.05, 0) is 37.5 Å². The van der Waals surface area contributed by atoms with E-state index in [1.54, 1.807) is 19.1 Å². The maximum absolute atomic E-state index is 12.7. The minimum Gasteiger partial charge on any atom is -0.294 e. The molecule has 15 heavy (non-hydrogen) atoms. The highest BCUT2D eigenvalue weighted by molar-refractivity contribution is 5.96. The monoisotopic (exact) mass is 212 g/mol. The molecule has 0 aliphatic rings. The third kappa shape index (κ3) is 2.41. The smallest absolute Gasteiger partial charge is 0.264 e. The van der Waals surface area contributed by atoms with E-state index in [1.165, 1.54) is 6.92 Å². The molecule has 0 saturated carbocycles. The number of ketones is 1. The molecule has 0 radical (unpaired) electrons. The zero-order chi connectivity index (χ0) is 11.6. The zero-order valence-corrected chi connectivity index (χ0v) is 9.10. The first-order valence-corrected chi connectivity index (χ1v) is 4.89. The van der Waals surface area contributed by atoms with Gasteiger partial charge in [0, 0.05) is 11.1 Å². The van der Waals surface area contributed by atoms with Gasteiger partial charge in [-0.25, -0.2) is 8.78 Å². The Morgan fingerprint density at radius 2 is 2.00 bits per heavy atom. The highest BCUT2D eigenvalue weighted by atomic mass is 19.3. The van der Waals surface area contributed by atoms with Crippen molar-refractivity contribution >= 4 is 5.78 Å². The molecule has 0 atom stereocenters. The quantitative estimate of drug-likeness (QED) is 0.698. The average Bonchev–Trinajstić information content (AvgIpc) is 2.15. The molecular formula is C12H14F2O. The minimum absolute atomic E-state index is 0.125. The third-order valence-electron chi connectivity index (χ3n) is 2.45. The van der Waals surface area contributed by atoms with Crippen molar-refractivity contribution in [1.29, 1.82) is 0 Å². The summed E-state index contributed by atoms with van der Waals surface area (Å²) in [6, 6.07) is 3.28. The zero-order valence-electron chi connectivity index (χ0n) is 9.10. The number of Topliss-reactive ketones (excluding diaryl/α,β-unsaturated/α-hetero) is 1. The fourth-order valence-electron chi connectivity index (χ4n) is 1.66. The van der Waals surface area contributed by atoms with Crippen LogP contribution in [-0.2, 0) is 6.42 Å². The summed E-state index contributed by atoms with van der Waals surface area (Å²) in [4.78, 5) is 11.3. The summed E-state index contributed by atoms with van der Waals surface area (Å²) in [6.45, 7) is 4.87. The normalized spacial score (nSPS) is 10.8. The first-order chi connectivity index (χ1) is 6.97. The number of carbonyl (C=O) groups excluding carboxylic acids is 1. The van der Waals surface area contributed by atoms with E-state index in [2.05, 4.69) is 0 Å². The van der Waals surface area contributed by atoms with E-state index in [0.29, 0.717) is 5.56 Å². The Morgan fingerprint density at radius 1 is 1.40 bits per heavy atom. The van der Waals surface area contributed by atoms with Crippen molar-refractivity contribution in [1.82, 2.24) is 0 Å². The maximum atomic E-state index is 12.7. The summed E-state index contributed by atoms with van der Waals surface area (Å²) in [6.07, 6.45) is -1.85. The number of hydrogen-bond donors (Lipinski definition) is 0.